The number of hydrogen-bond donors (Lipinski definition) is 2. The summed E-state index contributed by atoms with van der Waals surface area (Å²) < 4.78 is 63.0. The number of sulfonamides is 1. The molecule has 0 bridgehead atoms. The van der Waals surface area contributed by atoms with Crippen LogP contribution in [0.4, 0.5) is 10.1 Å². The Morgan fingerprint density at radius 1 is 1.40 bits per heavy atom. The van der Waals surface area contributed by atoms with Crippen LogP contribution in [0.25, 0.3) is 0 Å². The molecule has 1 atom stereocenters. The molecule has 0 radical (unpaired) electrons. The van der Waals surface area contributed by atoms with Crippen molar-refractivity contribution in [2.24, 2.45) is 0 Å². The molecule has 0 aromatic heterocycles. The maximum absolute atomic E-state index is 13.3. The number of benzene rings is 1. The third kappa shape index (κ3) is 2.94. The summed E-state index contributed by atoms with van der Waals surface area (Å²) in [5.74, 6) is -1.20. The molecular weight excluding hydrogens is 307 g/mol. The lowest BCUT2D eigenvalue weighted by Gasteiger charge is -2.24. The van der Waals surface area contributed by atoms with Crippen molar-refractivity contribution in [1.82, 2.24) is 4.72 Å². The first-order chi connectivity index (χ1) is 9.05. The van der Waals surface area contributed by atoms with Gasteiger partial charge in [-0.25, -0.2) is 25.9 Å². The van der Waals surface area contributed by atoms with Crippen molar-refractivity contribution < 1.29 is 21.2 Å². The Labute approximate surface area is 117 Å². The Morgan fingerprint density at radius 3 is 2.60 bits per heavy atom. The molecule has 0 spiro atoms. The topological polar surface area (TPSA) is 106 Å². The molecule has 1 saturated heterocycles. The van der Waals surface area contributed by atoms with Crippen molar-refractivity contribution in [3.63, 3.8) is 0 Å². The molecule has 1 aromatic carbocycles. The number of rotatable bonds is 3. The molecular formula is C11H15FN2O4S2. The van der Waals surface area contributed by atoms with Gasteiger partial charge in [0.2, 0.25) is 10.0 Å². The highest BCUT2D eigenvalue weighted by atomic mass is 32.2. The van der Waals surface area contributed by atoms with Gasteiger partial charge >= 0.3 is 0 Å². The summed E-state index contributed by atoms with van der Waals surface area (Å²) in [6.07, 6.45) is 0.170. The first kappa shape index (κ1) is 15.2. The monoisotopic (exact) mass is 322 g/mol. The minimum absolute atomic E-state index is 0.0787. The number of halogens is 1. The standard InChI is InChI=1S/C11H15FN2O4S2/c1-11(5-6-19(15,16)7-11)14-20(17,18)9-4-2-3-8(12)10(9)13/h2-4,14H,5-7,13H2,1H3. The number of nitrogen functional groups attached to an aromatic ring is 1. The van der Waals surface area contributed by atoms with Gasteiger partial charge in [-0.3, -0.25) is 0 Å². The van der Waals surface area contributed by atoms with Crippen molar-refractivity contribution in [3.05, 3.63) is 24.0 Å². The number of sulfone groups is 1. The molecule has 2 rings (SSSR count). The Bertz CT molecular complexity index is 746. The van der Waals surface area contributed by atoms with Crippen LogP contribution in [-0.4, -0.2) is 33.9 Å². The lowest BCUT2D eigenvalue weighted by Crippen LogP contribution is -2.46. The van der Waals surface area contributed by atoms with Gasteiger partial charge in [0.1, 0.15) is 10.7 Å². The maximum atomic E-state index is 13.3. The van der Waals surface area contributed by atoms with Gasteiger partial charge in [0.25, 0.3) is 0 Å². The zero-order valence-corrected chi connectivity index (χ0v) is 12.4. The summed E-state index contributed by atoms with van der Waals surface area (Å²) >= 11 is 0. The maximum Gasteiger partial charge on any atom is 0.243 e. The van der Waals surface area contributed by atoms with E-state index in [0.717, 1.165) is 6.07 Å². The lowest BCUT2D eigenvalue weighted by molar-refractivity contribution is 0.461. The van der Waals surface area contributed by atoms with E-state index in [4.69, 9.17) is 5.73 Å². The average Bonchev–Trinajstić information content (AvgIpc) is 2.55. The van der Waals surface area contributed by atoms with Crippen LogP contribution in [0, 0.1) is 5.82 Å². The Hall–Kier alpha value is -1.19. The molecule has 6 nitrogen and oxygen atoms in total. The number of nitrogens with two attached hydrogens (primary N) is 1. The summed E-state index contributed by atoms with van der Waals surface area (Å²) in [5.41, 5.74) is 3.84. The minimum Gasteiger partial charge on any atom is -0.395 e. The summed E-state index contributed by atoms with van der Waals surface area (Å²) in [5, 5.41) is 0. The van der Waals surface area contributed by atoms with Gasteiger partial charge in [-0.15, -0.1) is 0 Å². The van der Waals surface area contributed by atoms with E-state index in [-0.39, 0.29) is 22.8 Å². The first-order valence-corrected chi connectivity index (χ1v) is 9.14. The highest BCUT2D eigenvalue weighted by Crippen LogP contribution is 2.27. The molecule has 1 heterocycles. The second-order valence-electron chi connectivity index (χ2n) is 5.16. The van der Waals surface area contributed by atoms with Gasteiger partial charge in [0.05, 0.1) is 17.2 Å². The molecule has 1 unspecified atom stereocenters. The summed E-state index contributed by atoms with van der Waals surface area (Å²) in [6, 6.07) is 3.46. The summed E-state index contributed by atoms with van der Waals surface area (Å²) in [4.78, 5) is -0.386. The van der Waals surface area contributed by atoms with E-state index in [0.29, 0.717) is 0 Å². The minimum atomic E-state index is -4.08. The third-order valence-corrected chi connectivity index (χ3v) is 6.79. The van der Waals surface area contributed by atoms with Crippen LogP contribution in [0.5, 0.6) is 0 Å². The third-order valence-electron chi connectivity index (χ3n) is 3.19. The molecule has 1 aromatic rings. The molecule has 0 saturated carbocycles. The zero-order chi connectivity index (χ0) is 15.2. The number of para-hydroxylation sites is 1. The van der Waals surface area contributed by atoms with Crippen molar-refractivity contribution >= 4 is 25.5 Å². The van der Waals surface area contributed by atoms with Gasteiger partial charge in [-0.05, 0) is 25.5 Å². The number of hydrogen-bond acceptors (Lipinski definition) is 5. The second kappa shape index (κ2) is 4.68. The summed E-state index contributed by atoms with van der Waals surface area (Å²) in [6.45, 7) is 1.50. The van der Waals surface area contributed by atoms with Crippen molar-refractivity contribution in [3.8, 4) is 0 Å². The van der Waals surface area contributed by atoms with Gasteiger partial charge in [0, 0.05) is 5.54 Å². The molecule has 9 heteroatoms. The van der Waals surface area contributed by atoms with Gasteiger partial charge in [0.15, 0.2) is 9.84 Å². The average molecular weight is 322 g/mol. The summed E-state index contributed by atoms with van der Waals surface area (Å²) in [7, 11) is -7.34. The fourth-order valence-electron chi connectivity index (χ4n) is 2.22. The van der Waals surface area contributed by atoms with Crippen LogP contribution in [-0.2, 0) is 19.9 Å². The predicted octanol–water partition coefficient (Wildman–Crippen LogP) is 0.263. The highest BCUT2D eigenvalue weighted by molar-refractivity contribution is 7.92. The first-order valence-electron chi connectivity index (χ1n) is 5.83. The van der Waals surface area contributed by atoms with Gasteiger partial charge in [-0.2, -0.15) is 0 Å². The Kier molecular flexibility index (Phi) is 3.55. The fraction of sp³-hybridized carbons (Fsp3) is 0.455. The molecule has 20 heavy (non-hydrogen) atoms. The lowest BCUT2D eigenvalue weighted by atomic mass is 10.0. The molecule has 1 aliphatic rings. The van der Waals surface area contributed by atoms with E-state index in [1.807, 2.05) is 0 Å². The van der Waals surface area contributed by atoms with Crippen LogP contribution in [0.15, 0.2) is 23.1 Å². The van der Waals surface area contributed by atoms with E-state index in [9.17, 15) is 21.2 Å². The van der Waals surface area contributed by atoms with E-state index in [1.165, 1.54) is 19.1 Å². The Balaban J connectivity index is 2.36. The van der Waals surface area contributed by atoms with Crippen LogP contribution in [0.3, 0.4) is 0 Å². The molecule has 1 fully saturated rings. The molecule has 1 aliphatic heterocycles. The number of anilines is 1. The molecule has 0 amide bonds. The highest BCUT2D eigenvalue weighted by Gasteiger charge is 2.41. The predicted molar refractivity (Wildman–Crippen MR) is 72.8 cm³/mol. The quantitative estimate of drug-likeness (QED) is 0.777. The van der Waals surface area contributed by atoms with E-state index in [2.05, 4.69) is 4.72 Å². The van der Waals surface area contributed by atoms with E-state index < -0.39 is 36.9 Å². The van der Waals surface area contributed by atoms with Gasteiger partial charge in [-0.1, -0.05) is 6.07 Å². The van der Waals surface area contributed by atoms with E-state index >= 15 is 0 Å². The second-order valence-corrected chi connectivity index (χ2v) is 8.99. The van der Waals surface area contributed by atoms with Crippen molar-refractivity contribution in [2.75, 3.05) is 17.2 Å². The van der Waals surface area contributed by atoms with Crippen molar-refractivity contribution in [2.45, 2.75) is 23.8 Å². The van der Waals surface area contributed by atoms with E-state index in [1.54, 1.807) is 0 Å². The van der Waals surface area contributed by atoms with Crippen molar-refractivity contribution in [1.29, 1.82) is 0 Å². The van der Waals surface area contributed by atoms with Crippen LogP contribution in [0.1, 0.15) is 13.3 Å². The zero-order valence-electron chi connectivity index (χ0n) is 10.8. The SMILES string of the molecule is CC1(NS(=O)(=O)c2cccc(F)c2N)CCS(=O)(=O)C1. The normalized spacial score (nSPS) is 25.7. The molecule has 3 N–H and O–H groups in total. The number of nitrogens with one attached hydrogen (secondary N) is 1. The molecule has 112 valence electrons. The molecule has 0 aliphatic carbocycles. The smallest absolute Gasteiger partial charge is 0.243 e. The van der Waals surface area contributed by atoms with Crippen LogP contribution in [0.2, 0.25) is 0 Å². The largest absolute Gasteiger partial charge is 0.395 e. The van der Waals surface area contributed by atoms with Crippen LogP contribution >= 0.6 is 0 Å². The Morgan fingerprint density at radius 2 is 2.05 bits per heavy atom. The van der Waals surface area contributed by atoms with Gasteiger partial charge < -0.3 is 5.73 Å². The van der Waals surface area contributed by atoms with Crippen LogP contribution < -0.4 is 10.5 Å². The fourth-order valence-corrected chi connectivity index (χ4v) is 5.98.